The van der Waals surface area contributed by atoms with Crippen LogP contribution in [0.2, 0.25) is 0 Å². The Bertz CT molecular complexity index is 2140. The molecule has 7 aromatic rings. The third-order valence-corrected chi connectivity index (χ3v) is 7.56. The average molecular weight is 562 g/mol. The molecule has 6 aromatic carbocycles. The van der Waals surface area contributed by atoms with Gasteiger partial charge in [0.25, 0.3) is 0 Å². The number of benzene rings is 6. The van der Waals surface area contributed by atoms with E-state index < -0.39 is 0 Å². The molecule has 0 amide bonds. The van der Waals surface area contributed by atoms with E-state index in [2.05, 4.69) is 60.7 Å². The Labute approximate surface area is 255 Å². The minimum Gasteiger partial charge on any atom is -0.208 e. The molecule has 0 saturated heterocycles. The van der Waals surface area contributed by atoms with Crippen LogP contribution in [0.25, 0.3) is 67.2 Å². The second-order valence-electron chi connectivity index (χ2n) is 10.4. The molecular weight excluding hydrogens is 538 g/mol. The molecule has 0 aliphatic carbocycles. The van der Waals surface area contributed by atoms with Crippen molar-refractivity contribution in [2.45, 2.75) is 0 Å². The van der Waals surface area contributed by atoms with Gasteiger partial charge < -0.3 is 0 Å². The zero-order valence-corrected chi connectivity index (χ0v) is 23.5. The molecule has 0 fully saturated rings. The van der Waals surface area contributed by atoms with Gasteiger partial charge in [0.1, 0.15) is 0 Å². The van der Waals surface area contributed by atoms with Gasteiger partial charge >= 0.3 is 0 Å². The number of aromatic nitrogens is 3. The van der Waals surface area contributed by atoms with Gasteiger partial charge in [0.05, 0.1) is 23.3 Å². The van der Waals surface area contributed by atoms with E-state index in [-0.39, 0.29) is 0 Å². The lowest BCUT2D eigenvalue weighted by Gasteiger charge is -2.11. The number of fused-ring (bicyclic) bond motifs is 1. The summed E-state index contributed by atoms with van der Waals surface area (Å²) in [5, 5.41) is 21.0. The minimum atomic E-state index is 0.470. The van der Waals surface area contributed by atoms with Crippen LogP contribution in [0.4, 0.5) is 0 Å². The minimum absolute atomic E-state index is 0.470. The highest BCUT2D eigenvalue weighted by molar-refractivity contribution is 5.99. The number of rotatable bonds is 5. The van der Waals surface area contributed by atoms with Gasteiger partial charge in [-0.3, -0.25) is 0 Å². The van der Waals surface area contributed by atoms with Crippen LogP contribution in [0.1, 0.15) is 11.1 Å². The summed E-state index contributed by atoms with van der Waals surface area (Å²) in [5.41, 5.74) is 7.69. The zero-order valence-electron chi connectivity index (χ0n) is 23.5. The van der Waals surface area contributed by atoms with E-state index in [1.54, 1.807) is 6.07 Å². The Morgan fingerprint density at radius 2 is 0.886 bits per heavy atom. The van der Waals surface area contributed by atoms with Crippen LogP contribution >= 0.6 is 0 Å². The van der Waals surface area contributed by atoms with Crippen LogP contribution in [0.15, 0.2) is 140 Å². The molecule has 0 radical (unpaired) electrons. The fourth-order valence-corrected chi connectivity index (χ4v) is 5.37. The maximum atomic E-state index is 9.42. The molecule has 0 atom stereocenters. The Morgan fingerprint density at radius 1 is 0.386 bits per heavy atom. The Balaban J connectivity index is 1.26. The molecule has 0 bridgehead atoms. The average Bonchev–Trinajstić information content (AvgIpc) is 3.11. The van der Waals surface area contributed by atoms with E-state index in [9.17, 15) is 10.5 Å². The molecule has 7 rings (SSSR count). The summed E-state index contributed by atoms with van der Waals surface area (Å²) in [4.78, 5) is 14.5. The van der Waals surface area contributed by atoms with Gasteiger partial charge in [-0.2, -0.15) is 10.5 Å². The summed E-state index contributed by atoms with van der Waals surface area (Å²) < 4.78 is 0. The van der Waals surface area contributed by atoms with Gasteiger partial charge in [0.2, 0.25) is 0 Å². The summed E-state index contributed by atoms with van der Waals surface area (Å²) in [6.45, 7) is 0. The lowest BCUT2D eigenvalue weighted by molar-refractivity contribution is 1.07. The SMILES string of the molecule is N#Cc1cc(C#N)cc(-c2ccc3c(-c4ccc(-c5nc(-c6ccccc6)nc(-c6ccccc6)n5)cc4)cccc3c2)c1. The van der Waals surface area contributed by atoms with Crippen molar-refractivity contribution in [3.8, 4) is 68.6 Å². The topological polar surface area (TPSA) is 86.2 Å². The number of hydrogen-bond donors (Lipinski definition) is 0. The summed E-state index contributed by atoms with van der Waals surface area (Å²) in [7, 11) is 0. The predicted octanol–water partition coefficient (Wildman–Crippen LogP) is 9.10. The highest BCUT2D eigenvalue weighted by Gasteiger charge is 2.13. The third kappa shape index (κ3) is 5.18. The smallest absolute Gasteiger partial charge is 0.164 e. The van der Waals surface area contributed by atoms with E-state index in [1.807, 2.05) is 84.9 Å². The summed E-state index contributed by atoms with van der Waals surface area (Å²) in [6, 6.07) is 50.3. The normalized spacial score (nSPS) is 10.7. The molecular formula is C39H23N5. The largest absolute Gasteiger partial charge is 0.208 e. The van der Waals surface area contributed by atoms with Crippen molar-refractivity contribution >= 4 is 10.8 Å². The van der Waals surface area contributed by atoms with Crippen LogP contribution in [-0.2, 0) is 0 Å². The second kappa shape index (κ2) is 11.4. The molecule has 1 aromatic heterocycles. The molecule has 0 aliphatic rings. The van der Waals surface area contributed by atoms with Gasteiger partial charge in [-0.05, 0) is 57.3 Å². The molecule has 0 N–H and O–H groups in total. The van der Waals surface area contributed by atoms with Crippen molar-refractivity contribution in [1.29, 1.82) is 10.5 Å². The van der Waals surface area contributed by atoms with E-state index in [4.69, 9.17) is 15.0 Å². The number of nitriles is 2. The van der Waals surface area contributed by atoms with Crippen LogP contribution in [0, 0.1) is 22.7 Å². The monoisotopic (exact) mass is 561 g/mol. The van der Waals surface area contributed by atoms with E-state index in [0.29, 0.717) is 28.6 Å². The molecule has 1 heterocycles. The fraction of sp³-hybridized carbons (Fsp3) is 0. The maximum absolute atomic E-state index is 9.42. The fourth-order valence-electron chi connectivity index (χ4n) is 5.37. The van der Waals surface area contributed by atoms with Crippen molar-refractivity contribution in [2.24, 2.45) is 0 Å². The maximum Gasteiger partial charge on any atom is 0.164 e. The van der Waals surface area contributed by atoms with Crippen molar-refractivity contribution in [2.75, 3.05) is 0 Å². The summed E-state index contributed by atoms with van der Waals surface area (Å²) in [5.74, 6) is 1.87. The van der Waals surface area contributed by atoms with Crippen molar-refractivity contribution in [1.82, 2.24) is 15.0 Å². The Kier molecular flexibility index (Phi) is 6.89. The van der Waals surface area contributed by atoms with Gasteiger partial charge in [0.15, 0.2) is 17.5 Å². The molecule has 204 valence electrons. The molecule has 0 aliphatic heterocycles. The molecule has 0 saturated carbocycles. The molecule has 0 unspecified atom stereocenters. The van der Waals surface area contributed by atoms with Crippen LogP contribution < -0.4 is 0 Å². The van der Waals surface area contributed by atoms with Crippen LogP contribution in [0.5, 0.6) is 0 Å². The Hall–Kier alpha value is -6.43. The number of hydrogen-bond acceptors (Lipinski definition) is 5. The van der Waals surface area contributed by atoms with Gasteiger partial charge in [-0.25, -0.2) is 15.0 Å². The Morgan fingerprint density at radius 3 is 1.43 bits per heavy atom. The quantitative estimate of drug-likeness (QED) is 0.209. The first kappa shape index (κ1) is 26.5. The first-order valence-corrected chi connectivity index (χ1v) is 14.1. The van der Waals surface area contributed by atoms with Crippen molar-refractivity contribution < 1.29 is 0 Å². The summed E-state index contributed by atoms with van der Waals surface area (Å²) in [6.07, 6.45) is 0. The number of nitrogens with zero attached hydrogens (tertiary/aromatic N) is 5. The highest BCUT2D eigenvalue weighted by Crippen LogP contribution is 2.34. The second-order valence-corrected chi connectivity index (χ2v) is 10.4. The van der Waals surface area contributed by atoms with Crippen molar-refractivity contribution in [3.05, 3.63) is 151 Å². The van der Waals surface area contributed by atoms with Crippen molar-refractivity contribution in [3.63, 3.8) is 0 Å². The lowest BCUT2D eigenvalue weighted by atomic mass is 9.94. The first-order chi connectivity index (χ1) is 21.7. The highest BCUT2D eigenvalue weighted by atomic mass is 15.0. The molecule has 0 spiro atoms. The van der Waals surface area contributed by atoms with Crippen LogP contribution in [-0.4, -0.2) is 15.0 Å². The standard InChI is InChI=1S/C39H23N5/c40-24-26-20-27(25-41)22-34(21-26)32-18-19-36-33(23-32)12-7-13-35(36)28-14-16-31(17-15-28)39-43-37(29-8-3-1-4-9-29)42-38(44-39)30-10-5-2-6-11-30/h1-23H. The van der Waals surface area contributed by atoms with E-state index in [0.717, 1.165) is 49.7 Å². The van der Waals surface area contributed by atoms with Gasteiger partial charge in [0, 0.05) is 16.7 Å². The van der Waals surface area contributed by atoms with E-state index in [1.165, 1.54) is 0 Å². The van der Waals surface area contributed by atoms with Gasteiger partial charge in [-0.15, -0.1) is 0 Å². The molecule has 5 nitrogen and oxygen atoms in total. The molecule has 44 heavy (non-hydrogen) atoms. The lowest BCUT2D eigenvalue weighted by Crippen LogP contribution is -2.00. The first-order valence-electron chi connectivity index (χ1n) is 14.1. The van der Waals surface area contributed by atoms with E-state index >= 15 is 0 Å². The van der Waals surface area contributed by atoms with Gasteiger partial charge in [-0.1, -0.05) is 115 Å². The zero-order chi connectivity index (χ0) is 29.9. The third-order valence-electron chi connectivity index (χ3n) is 7.56. The summed E-state index contributed by atoms with van der Waals surface area (Å²) >= 11 is 0. The predicted molar refractivity (Wildman–Crippen MR) is 174 cm³/mol. The molecule has 5 heteroatoms. The van der Waals surface area contributed by atoms with Crippen LogP contribution in [0.3, 0.4) is 0 Å².